The van der Waals surface area contributed by atoms with Crippen LogP contribution in [0.5, 0.6) is 11.5 Å². The molecule has 72 valence electrons. The number of halogens is 1. The lowest BCUT2D eigenvalue weighted by Gasteiger charge is -2.08. The Bertz CT molecular complexity index is 302. The Kier molecular flexibility index (Phi) is 3.57. The average Bonchev–Trinajstić information content (AvgIpc) is 2.10. The molecular weight excluding hydrogens is 234 g/mol. The lowest BCUT2D eigenvalue weighted by molar-refractivity contribution is 0.407. The number of nitrogens with one attached hydrogen (secondary N) is 1. The molecule has 0 aliphatic carbocycles. The Morgan fingerprint density at radius 1 is 1.54 bits per heavy atom. The molecule has 4 heteroatoms. The topological polar surface area (TPSA) is 41.5 Å². The number of methoxy groups -OCH3 is 1. The number of rotatable bonds is 3. The van der Waals surface area contributed by atoms with Crippen molar-refractivity contribution >= 4 is 15.9 Å². The fraction of sp³-hybridized carbons (Fsp3) is 0.333. The fourth-order valence-electron chi connectivity index (χ4n) is 1.07. The van der Waals surface area contributed by atoms with Crippen molar-refractivity contribution in [1.29, 1.82) is 0 Å². The van der Waals surface area contributed by atoms with Gasteiger partial charge in [-0.1, -0.05) is 0 Å². The van der Waals surface area contributed by atoms with Crippen LogP contribution >= 0.6 is 15.9 Å². The molecule has 1 aromatic carbocycles. The SMILES string of the molecule is CNCc1cc(OC)c(Br)cc1O. The standard InChI is InChI=1S/C9H12BrNO2/c1-11-5-6-3-9(13-2)7(10)4-8(6)12/h3-4,11-12H,5H2,1-2H3. The minimum Gasteiger partial charge on any atom is -0.508 e. The summed E-state index contributed by atoms with van der Waals surface area (Å²) in [6.07, 6.45) is 0. The maximum atomic E-state index is 9.52. The molecule has 1 rings (SSSR count). The maximum absolute atomic E-state index is 9.52. The van der Waals surface area contributed by atoms with Gasteiger partial charge in [-0.2, -0.15) is 0 Å². The summed E-state index contributed by atoms with van der Waals surface area (Å²) in [5, 5.41) is 12.5. The monoisotopic (exact) mass is 245 g/mol. The predicted molar refractivity (Wildman–Crippen MR) is 55.1 cm³/mol. The van der Waals surface area contributed by atoms with Gasteiger partial charge in [-0.3, -0.25) is 0 Å². The number of benzene rings is 1. The molecule has 0 heterocycles. The lowest BCUT2D eigenvalue weighted by Crippen LogP contribution is -2.05. The molecule has 2 N–H and O–H groups in total. The van der Waals surface area contributed by atoms with Crippen LogP contribution < -0.4 is 10.1 Å². The van der Waals surface area contributed by atoms with Crippen molar-refractivity contribution in [3.05, 3.63) is 22.2 Å². The van der Waals surface area contributed by atoms with Gasteiger partial charge >= 0.3 is 0 Å². The van der Waals surface area contributed by atoms with Gasteiger partial charge in [0, 0.05) is 12.1 Å². The van der Waals surface area contributed by atoms with Crippen LogP contribution in [0.25, 0.3) is 0 Å². The minimum atomic E-state index is 0.266. The number of phenolic OH excluding ortho intramolecular Hbond substituents is 1. The van der Waals surface area contributed by atoms with Gasteiger partial charge < -0.3 is 15.2 Å². The highest BCUT2D eigenvalue weighted by Gasteiger charge is 2.06. The summed E-state index contributed by atoms with van der Waals surface area (Å²) < 4.78 is 5.86. The van der Waals surface area contributed by atoms with Gasteiger partial charge in [0.15, 0.2) is 0 Å². The van der Waals surface area contributed by atoms with Crippen molar-refractivity contribution in [2.24, 2.45) is 0 Å². The summed E-state index contributed by atoms with van der Waals surface area (Å²) in [5.41, 5.74) is 0.822. The van der Waals surface area contributed by atoms with E-state index in [1.165, 1.54) is 0 Å². The Morgan fingerprint density at radius 2 is 2.23 bits per heavy atom. The van der Waals surface area contributed by atoms with E-state index in [4.69, 9.17) is 4.74 Å². The van der Waals surface area contributed by atoms with Gasteiger partial charge in [0.1, 0.15) is 11.5 Å². The smallest absolute Gasteiger partial charge is 0.133 e. The molecule has 0 aliphatic rings. The molecule has 0 unspecified atom stereocenters. The van der Waals surface area contributed by atoms with E-state index in [0.29, 0.717) is 6.54 Å². The second-order valence-corrected chi connectivity index (χ2v) is 3.50. The average molecular weight is 246 g/mol. The van der Waals surface area contributed by atoms with Crippen LogP contribution in [0.3, 0.4) is 0 Å². The highest BCUT2D eigenvalue weighted by molar-refractivity contribution is 9.10. The molecule has 0 saturated heterocycles. The molecule has 0 saturated carbocycles. The fourth-order valence-corrected chi connectivity index (χ4v) is 1.57. The van der Waals surface area contributed by atoms with E-state index in [2.05, 4.69) is 21.2 Å². The normalized spacial score (nSPS) is 10.1. The quantitative estimate of drug-likeness (QED) is 0.855. The number of hydrogen-bond donors (Lipinski definition) is 2. The molecule has 0 spiro atoms. The molecular formula is C9H12BrNO2. The number of hydrogen-bond acceptors (Lipinski definition) is 3. The molecule has 0 aromatic heterocycles. The van der Waals surface area contributed by atoms with Gasteiger partial charge in [0.2, 0.25) is 0 Å². The van der Waals surface area contributed by atoms with Crippen molar-refractivity contribution in [3.8, 4) is 11.5 Å². The Labute approximate surface area is 85.9 Å². The van der Waals surface area contributed by atoms with E-state index in [9.17, 15) is 5.11 Å². The van der Waals surface area contributed by atoms with Crippen molar-refractivity contribution < 1.29 is 9.84 Å². The van der Waals surface area contributed by atoms with Gasteiger partial charge in [-0.05, 0) is 35.1 Å². The lowest BCUT2D eigenvalue weighted by atomic mass is 10.2. The first-order valence-corrected chi connectivity index (χ1v) is 4.68. The van der Waals surface area contributed by atoms with Gasteiger partial charge in [-0.25, -0.2) is 0 Å². The zero-order chi connectivity index (χ0) is 9.84. The van der Waals surface area contributed by atoms with Gasteiger partial charge in [0.25, 0.3) is 0 Å². The van der Waals surface area contributed by atoms with Crippen LogP contribution in [-0.2, 0) is 6.54 Å². The molecule has 0 atom stereocenters. The Morgan fingerprint density at radius 3 is 2.77 bits per heavy atom. The largest absolute Gasteiger partial charge is 0.508 e. The maximum Gasteiger partial charge on any atom is 0.133 e. The highest BCUT2D eigenvalue weighted by Crippen LogP contribution is 2.31. The zero-order valence-electron chi connectivity index (χ0n) is 7.60. The summed E-state index contributed by atoms with van der Waals surface area (Å²) in [6, 6.07) is 3.43. The predicted octanol–water partition coefficient (Wildman–Crippen LogP) is 1.88. The first-order valence-electron chi connectivity index (χ1n) is 3.89. The van der Waals surface area contributed by atoms with Crippen LogP contribution in [0, 0.1) is 0 Å². The summed E-state index contributed by atoms with van der Waals surface area (Å²) in [7, 11) is 3.42. The summed E-state index contributed by atoms with van der Waals surface area (Å²) >= 11 is 3.29. The Hall–Kier alpha value is -0.740. The molecule has 13 heavy (non-hydrogen) atoms. The van der Waals surface area contributed by atoms with E-state index < -0.39 is 0 Å². The minimum absolute atomic E-state index is 0.266. The summed E-state index contributed by atoms with van der Waals surface area (Å²) in [4.78, 5) is 0. The van der Waals surface area contributed by atoms with Crippen molar-refractivity contribution in [1.82, 2.24) is 5.32 Å². The van der Waals surface area contributed by atoms with Crippen LogP contribution in [0.4, 0.5) is 0 Å². The molecule has 0 amide bonds. The third-order valence-electron chi connectivity index (χ3n) is 1.72. The summed E-state index contributed by atoms with van der Waals surface area (Å²) in [6.45, 7) is 0.621. The Balaban J connectivity index is 3.06. The number of aromatic hydroxyl groups is 1. The molecule has 0 radical (unpaired) electrons. The van der Waals surface area contributed by atoms with Crippen LogP contribution in [0.2, 0.25) is 0 Å². The summed E-state index contributed by atoms with van der Waals surface area (Å²) in [5.74, 6) is 0.991. The number of ether oxygens (including phenoxy) is 1. The third-order valence-corrected chi connectivity index (χ3v) is 2.34. The van der Waals surface area contributed by atoms with Crippen LogP contribution in [-0.4, -0.2) is 19.3 Å². The van der Waals surface area contributed by atoms with Crippen molar-refractivity contribution in [2.75, 3.05) is 14.2 Å². The van der Waals surface area contributed by atoms with Gasteiger partial charge in [0.05, 0.1) is 11.6 Å². The first-order chi connectivity index (χ1) is 6.19. The van der Waals surface area contributed by atoms with E-state index in [1.54, 1.807) is 19.2 Å². The first kappa shape index (κ1) is 10.3. The van der Waals surface area contributed by atoms with E-state index in [0.717, 1.165) is 15.8 Å². The molecule has 0 fully saturated rings. The third kappa shape index (κ3) is 2.35. The second kappa shape index (κ2) is 4.48. The molecule has 0 bridgehead atoms. The van der Waals surface area contributed by atoms with Crippen LogP contribution in [0.15, 0.2) is 16.6 Å². The van der Waals surface area contributed by atoms with Gasteiger partial charge in [-0.15, -0.1) is 0 Å². The van der Waals surface area contributed by atoms with E-state index in [1.807, 2.05) is 7.05 Å². The van der Waals surface area contributed by atoms with Crippen molar-refractivity contribution in [3.63, 3.8) is 0 Å². The highest BCUT2D eigenvalue weighted by atomic mass is 79.9. The zero-order valence-corrected chi connectivity index (χ0v) is 9.18. The molecule has 1 aromatic rings. The van der Waals surface area contributed by atoms with Crippen molar-refractivity contribution in [2.45, 2.75) is 6.54 Å². The van der Waals surface area contributed by atoms with E-state index in [-0.39, 0.29) is 5.75 Å². The van der Waals surface area contributed by atoms with E-state index >= 15 is 0 Å². The number of phenols is 1. The molecule has 0 aliphatic heterocycles. The molecule has 3 nitrogen and oxygen atoms in total. The van der Waals surface area contributed by atoms with Crippen LogP contribution in [0.1, 0.15) is 5.56 Å². The second-order valence-electron chi connectivity index (χ2n) is 2.65.